The predicted octanol–water partition coefficient (Wildman–Crippen LogP) is 1.32. The Morgan fingerprint density at radius 3 is 2.79 bits per heavy atom. The van der Waals surface area contributed by atoms with Gasteiger partial charge in [-0.2, -0.15) is 0 Å². The Kier molecular flexibility index (Phi) is 4.76. The quantitative estimate of drug-likeness (QED) is 0.324. The first-order chi connectivity index (χ1) is 9.26. The number of nitrogens with zero attached hydrogens (tertiary/aromatic N) is 2. The second-order valence-electron chi connectivity index (χ2n) is 4.94. The maximum absolute atomic E-state index is 9.47. The second-order valence-corrected chi connectivity index (χ2v) is 4.94. The van der Waals surface area contributed by atoms with Gasteiger partial charge in [0.25, 0.3) is 0 Å². The number of aliphatic hydroxyl groups excluding tert-OH is 1. The summed E-state index contributed by atoms with van der Waals surface area (Å²) in [6.07, 6.45) is 2.54. The third kappa shape index (κ3) is 3.24. The molecule has 1 aromatic carbocycles. The molecule has 1 aromatic rings. The van der Waals surface area contributed by atoms with E-state index >= 15 is 0 Å². The summed E-state index contributed by atoms with van der Waals surface area (Å²) >= 11 is 0. The summed E-state index contributed by atoms with van der Waals surface area (Å²) < 4.78 is 0. The van der Waals surface area contributed by atoms with Gasteiger partial charge in [0, 0.05) is 18.5 Å². The fourth-order valence-corrected chi connectivity index (χ4v) is 2.81. The van der Waals surface area contributed by atoms with Crippen molar-refractivity contribution in [3.63, 3.8) is 0 Å². The number of rotatable bonds is 5. The van der Waals surface area contributed by atoms with Crippen molar-refractivity contribution in [2.45, 2.75) is 31.3 Å². The van der Waals surface area contributed by atoms with E-state index in [0.29, 0.717) is 6.42 Å². The lowest BCUT2D eigenvalue weighted by atomic mass is 10.0. The highest BCUT2D eigenvalue weighted by Gasteiger charge is 2.31. The largest absolute Gasteiger partial charge is 0.409 e. The molecule has 2 unspecified atom stereocenters. The lowest BCUT2D eigenvalue weighted by molar-refractivity contribution is 0.120. The Hall–Kier alpha value is -1.59. The van der Waals surface area contributed by atoms with Gasteiger partial charge < -0.3 is 16.0 Å². The van der Waals surface area contributed by atoms with Gasteiger partial charge in [-0.05, 0) is 24.9 Å². The number of nitrogens with two attached hydrogens (primary N) is 1. The maximum Gasteiger partial charge on any atom is 0.141 e. The van der Waals surface area contributed by atoms with Crippen molar-refractivity contribution in [1.82, 2.24) is 4.90 Å². The molecule has 5 nitrogen and oxygen atoms in total. The molecule has 0 aromatic heterocycles. The summed E-state index contributed by atoms with van der Waals surface area (Å²) in [6, 6.07) is 10.2. The molecule has 0 radical (unpaired) electrons. The monoisotopic (exact) mass is 263 g/mol. The molecule has 0 aliphatic carbocycles. The van der Waals surface area contributed by atoms with E-state index in [4.69, 9.17) is 10.9 Å². The third-order valence-electron chi connectivity index (χ3n) is 3.75. The Bertz CT molecular complexity index is 422. The standard InChI is InChI=1S/C14H21N3O2/c15-14(16-19)9-13(11-5-2-1-3-6-11)17-8-4-7-12(17)10-18/h1-3,5-6,12-13,18-19H,4,7-10H2,(H2,15,16). The average Bonchev–Trinajstić information content (AvgIpc) is 2.93. The third-order valence-corrected chi connectivity index (χ3v) is 3.75. The van der Waals surface area contributed by atoms with Gasteiger partial charge in [-0.15, -0.1) is 0 Å². The molecule has 4 N–H and O–H groups in total. The number of likely N-dealkylation sites (tertiary alicyclic amines) is 1. The SMILES string of the molecule is NC(CC(c1ccccc1)N1CCCC1CO)=NO. The Morgan fingerprint density at radius 1 is 1.42 bits per heavy atom. The zero-order valence-electron chi connectivity index (χ0n) is 10.9. The van der Waals surface area contributed by atoms with Crippen LogP contribution in [0.1, 0.15) is 30.9 Å². The molecule has 1 heterocycles. The van der Waals surface area contributed by atoms with Gasteiger partial charge in [-0.25, -0.2) is 0 Å². The zero-order chi connectivity index (χ0) is 13.7. The molecule has 0 bridgehead atoms. The number of aliphatic hydroxyl groups is 1. The summed E-state index contributed by atoms with van der Waals surface area (Å²) in [4.78, 5) is 2.26. The molecule has 2 atom stereocenters. The van der Waals surface area contributed by atoms with Crippen molar-refractivity contribution >= 4 is 5.84 Å². The van der Waals surface area contributed by atoms with Gasteiger partial charge in [0.2, 0.25) is 0 Å². The van der Waals surface area contributed by atoms with E-state index in [1.165, 1.54) is 0 Å². The van der Waals surface area contributed by atoms with Crippen LogP contribution in [0, 0.1) is 0 Å². The van der Waals surface area contributed by atoms with Gasteiger partial charge in [-0.3, -0.25) is 4.90 Å². The maximum atomic E-state index is 9.47. The van der Waals surface area contributed by atoms with Crippen LogP contribution in [-0.4, -0.2) is 40.2 Å². The number of oxime groups is 1. The van der Waals surface area contributed by atoms with Gasteiger partial charge in [-0.1, -0.05) is 35.5 Å². The molecule has 5 heteroatoms. The normalized spacial score (nSPS) is 22.6. The minimum atomic E-state index is 0.0525. The van der Waals surface area contributed by atoms with Crippen molar-refractivity contribution in [2.75, 3.05) is 13.2 Å². The molecule has 0 spiro atoms. The van der Waals surface area contributed by atoms with Crippen LogP contribution >= 0.6 is 0 Å². The molecule has 1 saturated heterocycles. The molecule has 104 valence electrons. The Morgan fingerprint density at radius 2 is 2.16 bits per heavy atom. The van der Waals surface area contributed by atoms with E-state index in [2.05, 4.69) is 10.1 Å². The highest BCUT2D eigenvalue weighted by Crippen LogP contribution is 2.31. The minimum absolute atomic E-state index is 0.0525. The van der Waals surface area contributed by atoms with Crippen LogP contribution in [-0.2, 0) is 0 Å². The first-order valence-electron chi connectivity index (χ1n) is 6.64. The highest BCUT2D eigenvalue weighted by molar-refractivity contribution is 5.80. The van der Waals surface area contributed by atoms with E-state index in [0.717, 1.165) is 24.9 Å². The number of hydrogen-bond acceptors (Lipinski definition) is 4. The topological polar surface area (TPSA) is 82.1 Å². The summed E-state index contributed by atoms with van der Waals surface area (Å²) in [6.45, 7) is 1.09. The molecule has 1 aliphatic rings. The van der Waals surface area contributed by atoms with Crippen molar-refractivity contribution in [2.24, 2.45) is 10.9 Å². The smallest absolute Gasteiger partial charge is 0.141 e. The Balaban J connectivity index is 2.24. The summed E-state index contributed by atoms with van der Waals surface area (Å²) in [7, 11) is 0. The molecular weight excluding hydrogens is 242 g/mol. The lowest BCUT2D eigenvalue weighted by Gasteiger charge is -2.32. The van der Waals surface area contributed by atoms with Gasteiger partial charge in [0.15, 0.2) is 0 Å². The molecule has 1 fully saturated rings. The average molecular weight is 263 g/mol. The molecule has 1 aliphatic heterocycles. The first kappa shape index (κ1) is 13.8. The van der Waals surface area contributed by atoms with Crippen LogP contribution in [0.15, 0.2) is 35.5 Å². The van der Waals surface area contributed by atoms with Crippen LogP contribution in [0.25, 0.3) is 0 Å². The number of amidine groups is 1. The lowest BCUT2D eigenvalue weighted by Crippen LogP contribution is -2.37. The van der Waals surface area contributed by atoms with E-state index in [1.54, 1.807) is 0 Å². The van der Waals surface area contributed by atoms with Crippen LogP contribution < -0.4 is 5.73 Å². The van der Waals surface area contributed by atoms with Crippen LogP contribution in [0.3, 0.4) is 0 Å². The highest BCUT2D eigenvalue weighted by atomic mass is 16.4. The fourth-order valence-electron chi connectivity index (χ4n) is 2.81. The fraction of sp³-hybridized carbons (Fsp3) is 0.500. The Labute approximate surface area is 113 Å². The van der Waals surface area contributed by atoms with Crippen LogP contribution in [0.2, 0.25) is 0 Å². The van der Waals surface area contributed by atoms with Crippen molar-refractivity contribution in [3.05, 3.63) is 35.9 Å². The van der Waals surface area contributed by atoms with Gasteiger partial charge >= 0.3 is 0 Å². The number of benzene rings is 1. The van der Waals surface area contributed by atoms with Crippen molar-refractivity contribution < 1.29 is 10.3 Å². The first-order valence-corrected chi connectivity index (χ1v) is 6.64. The minimum Gasteiger partial charge on any atom is -0.409 e. The number of hydrogen-bond donors (Lipinski definition) is 3. The molecule has 0 saturated carbocycles. The molecular formula is C14H21N3O2. The van der Waals surface area contributed by atoms with Crippen LogP contribution in [0.4, 0.5) is 0 Å². The van der Waals surface area contributed by atoms with Crippen LogP contribution in [0.5, 0.6) is 0 Å². The van der Waals surface area contributed by atoms with E-state index in [1.807, 2.05) is 30.3 Å². The predicted molar refractivity (Wildman–Crippen MR) is 74.0 cm³/mol. The summed E-state index contributed by atoms with van der Waals surface area (Å²) in [5.74, 6) is 0.220. The molecule has 19 heavy (non-hydrogen) atoms. The molecule has 0 amide bonds. The van der Waals surface area contributed by atoms with Gasteiger partial charge in [0.05, 0.1) is 6.61 Å². The summed E-state index contributed by atoms with van der Waals surface area (Å²) in [5.41, 5.74) is 6.81. The van der Waals surface area contributed by atoms with Crippen molar-refractivity contribution in [3.8, 4) is 0 Å². The van der Waals surface area contributed by atoms with E-state index in [-0.39, 0.29) is 24.5 Å². The zero-order valence-corrected chi connectivity index (χ0v) is 10.9. The summed E-state index contributed by atoms with van der Waals surface area (Å²) in [5, 5.41) is 21.3. The molecule has 2 rings (SSSR count). The second kappa shape index (κ2) is 6.54. The van der Waals surface area contributed by atoms with E-state index in [9.17, 15) is 5.11 Å². The van der Waals surface area contributed by atoms with Gasteiger partial charge in [0.1, 0.15) is 5.84 Å². The van der Waals surface area contributed by atoms with Crippen molar-refractivity contribution in [1.29, 1.82) is 0 Å². The van der Waals surface area contributed by atoms with E-state index < -0.39 is 0 Å².